The molecule has 0 saturated heterocycles. The highest BCUT2D eigenvalue weighted by Crippen LogP contribution is 2.20. The van der Waals surface area contributed by atoms with E-state index in [4.69, 9.17) is 23.8 Å². The Morgan fingerprint density at radius 1 is 1.30 bits per heavy atom. The molecule has 1 atom stereocenters. The average molecular weight is 401 g/mol. The molecule has 2 aromatic carbocycles. The lowest BCUT2D eigenvalue weighted by Gasteiger charge is -2.15. The molecule has 1 unspecified atom stereocenters. The highest BCUT2D eigenvalue weighted by atomic mass is 35.5. The maximum atomic E-state index is 12.4. The number of carbonyl (C=O) groups excluding carboxylic acids is 1. The number of halogens is 1. The number of aromatic nitrogens is 3. The SMILES string of the molecule is Cc1cccc(-c2n[nH]c(=S)n2CCC(=O)NC(C)c2cccc(Cl)c2)c1. The summed E-state index contributed by atoms with van der Waals surface area (Å²) in [6.07, 6.45) is 0.303. The number of hydrogen-bond acceptors (Lipinski definition) is 3. The Morgan fingerprint density at radius 2 is 2.07 bits per heavy atom. The van der Waals surface area contributed by atoms with Crippen molar-refractivity contribution in [1.82, 2.24) is 20.1 Å². The largest absolute Gasteiger partial charge is 0.350 e. The van der Waals surface area contributed by atoms with Crippen LogP contribution in [0.3, 0.4) is 0 Å². The monoisotopic (exact) mass is 400 g/mol. The van der Waals surface area contributed by atoms with Gasteiger partial charge in [0.25, 0.3) is 0 Å². The minimum atomic E-state index is -0.121. The van der Waals surface area contributed by atoms with Crippen molar-refractivity contribution >= 4 is 29.7 Å². The zero-order chi connectivity index (χ0) is 19.4. The lowest BCUT2D eigenvalue weighted by Crippen LogP contribution is -2.27. The molecule has 0 aliphatic rings. The van der Waals surface area contributed by atoms with E-state index in [1.807, 2.05) is 66.9 Å². The van der Waals surface area contributed by atoms with Crippen molar-refractivity contribution in [3.63, 3.8) is 0 Å². The first-order valence-electron chi connectivity index (χ1n) is 8.71. The lowest BCUT2D eigenvalue weighted by molar-refractivity contribution is -0.121. The van der Waals surface area contributed by atoms with Crippen molar-refractivity contribution in [2.24, 2.45) is 0 Å². The fourth-order valence-corrected chi connectivity index (χ4v) is 3.34. The maximum absolute atomic E-state index is 12.4. The summed E-state index contributed by atoms with van der Waals surface area (Å²) >= 11 is 11.4. The second-order valence-corrected chi connectivity index (χ2v) is 7.29. The van der Waals surface area contributed by atoms with Crippen molar-refractivity contribution in [1.29, 1.82) is 0 Å². The van der Waals surface area contributed by atoms with Gasteiger partial charge in [-0.3, -0.25) is 14.5 Å². The first-order valence-corrected chi connectivity index (χ1v) is 9.50. The van der Waals surface area contributed by atoms with Gasteiger partial charge in [-0.05, 0) is 49.8 Å². The summed E-state index contributed by atoms with van der Waals surface area (Å²) < 4.78 is 2.36. The quantitative estimate of drug-likeness (QED) is 0.582. The Bertz CT molecular complexity index is 1010. The number of aromatic amines is 1. The van der Waals surface area contributed by atoms with Crippen LogP contribution < -0.4 is 5.32 Å². The molecule has 2 N–H and O–H groups in total. The number of hydrogen-bond donors (Lipinski definition) is 2. The summed E-state index contributed by atoms with van der Waals surface area (Å²) in [6, 6.07) is 15.4. The minimum absolute atomic E-state index is 0.0548. The number of nitrogens with zero attached hydrogens (tertiary/aromatic N) is 2. The highest BCUT2D eigenvalue weighted by Gasteiger charge is 2.13. The fraction of sp³-hybridized carbons (Fsp3) is 0.250. The number of aryl methyl sites for hydroxylation is 1. The third kappa shape index (κ3) is 4.84. The van der Waals surface area contributed by atoms with E-state index < -0.39 is 0 Å². The molecule has 0 aliphatic carbocycles. The third-order valence-corrected chi connectivity index (χ3v) is 4.87. The van der Waals surface area contributed by atoms with Gasteiger partial charge in [-0.25, -0.2) is 0 Å². The highest BCUT2D eigenvalue weighted by molar-refractivity contribution is 7.71. The van der Waals surface area contributed by atoms with Crippen LogP contribution >= 0.6 is 23.8 Å². The molecule has 3 aromatic rings. The summed E-state index contributed by atoms with van der Waals surface area (Å²) in [4.78, 5) is 12.4. The van der Waals surface area contributed by atoms with Crippen molar-refractivity contribution in [3.8, 4) is 11.4 Å². The van der Waals surface area contributed by atoms with Crippen LogP contribution in [0, 0.1) is 11.7 Å². The Hall–Kier alpha value is -2.44. The molecule has 5 nitrogen and oxygen atoms in total. The van der Waals surface area contributed by atoms with Crippen LogP contribution in [0.4, 0.5) is 0 Å². The van der Waals surface area contributed by atoms with Gasteiger partial charge in [0.2, 0.25) is 5.91 Å². The van der Waals surface area contributed by atoms with Gasteiger partial charge < -0.3 is 5.32 Å². The molecule has 1 amide bonds. The number of nitrogens with one attached hydrogen (secondary N) is 2. The van der Waals surface area contributed by atoms with Crippen molar-refractivity contribution in [2.75, 3.05) is 0 Å². The molecule has 0 bridgehead atoms. The molecule has 0 radical (unpaired) electrons. The fourth-order valence-electron chi connectivity index (χ4n) is 2.92. The Balaban J connectivity index is 1.67. The number of amides is 1. The third-order valence-electron chi connectivity index (χ3n) is 4.32. The van der Waals surface area contributed by atoms with Crippen LogP contribution in [-0.4, -0.2) is 20.7 Å². The smallest absolute Gasteiger partial charge is 0.222 e. The summed E-state index contributed by atoms with van der Waals surface area (Å²) in [6.45, 7) is 4.41. The van der Waals surface area contributed by atoms with Crippen molar-refractivity contribution in [2.45, 2.75) is 32.9 Å². The average Bonchev–Trinajstić information content (AvgIpc) is 3.00. The Kier molecular flexibility index (Phi) is 6.08. The molecule has 0 aliphatic heterocycles. The first-order chi connectivity index (χ1) is 12.9. The normalized spacial score (nSPS) is 12.0. The molecule has 140 valence electrons. The van der Waals surface area contributed by atoms with E-state index in [0.717, 1.165) is 22.5 Å². The van der Waals surface area contributed by atoms with Crippen LogP contribution in [0.1, 0.15) is 30.5 Å². The molecular formula is C20H21ClN4OS. The van der Waals surface area contributed by atoms with Gasteiger partial charge in [-0.2, -0.15) is 5.10 Å². The van der Waals surface area contributed by atoms with Crippen LogP contribution in [-0.2, 0) is 11.3 Å². The molecule has 0 saturated carbocycles. The van der Waals surface area contributed by atoms with E-state index in [-0.39, 0.29) is 11.9 Å². The molecular weight excluding hydrogens is 380 g/mol. The molecule has 0 spiro atoms. The molecule has 1 heterocycles. The second kappa shape index (κ2) is 8.50. The van der Waals surface area contributed by atoms with E-state index in [1.54, 1.807) is 0 Å². The van der Waals surface area contributed by atoms with Crippen LogP contribution in [0.15, 0.2) is 48.5 Å². The summed E-state index contributed by atoms with van der Waals surface area (Å²) in [5, 5.41) is 10.8. The second-order valence-electron chi connectivity index (χ2n) is 6.47. The van der Waals surface area contributed by atoms with Crippen LogP contribution in [0.2, 0.25) is 5.02 Å². The van der Waals surface area contributed by atoms with Gasteiger partial charge >= 0.3 is 0 Å². The van der Waals surface area contributed by atoms with E-state index in [1.165, 1.54) is 0 Å². The topological polar surface area (TPSA) is 62.7 Å². The number of benzene rings is 2. The Labute approximate surface area is 168 Å². The van der Waals surface area contributed by atoms with Crippen LogP contribution in [0.25, 0.3) is 11.4 Å². The minimum Gasteiger partial charge on any atom is -0.350 e. The van der Waals surface area contributed by atoms with E-state index in [9.17, 15) is 4.79 Å². The molecule has 0 fully saturated rings. The number of rotatable bonds is 6. The summed E-state index contributed by atoms with van der Waals surface area (Å²) in [7, 11) is 0. The first kappa shape index (κ1) is 19.3. The van der Waals surface area contributed by atoms with Gasteiger partial charge in [0, 0.05) is 23.6 Å². The standard InChI is InChI=1S/C20H21ClN4OS/c1-13-5-3-7-16(11-13)19-23-24-20(27)25(19)10-9-18(26)22-14(2)15-6-4-8-17(21)12-15/h3-8,11-12,14H,9-10H2,1-2H3,(H,22,26)(H,24,27). The van der Waals surface area contributed by atoms with Gasteiger partial charge in [0.05, 0.1) is 6.04 Å². The number of H-pyrrole nitrogens is 1. The molecule has 1 aromatic heterocycles. The van der Waals surface area contributed by atoms with Gasteiger partial charge in [0.1, 0.15) is 0 Å². The van der Waals surface area contributed by atoms with Gasteiger partial charge in [-0.1, -0.05) is 47.5 Å². The van der Waals surface area contributed by atoms with Crippen molar-refractivity contribution in [3.05, 3.63) is 69.5 Å². The summed E-state index contributed by atoms with van der Waals surface area (Å²) in [5.41, 5.74) is 3.08. The summed E-state index contributed by atoms with van der Waals surface area (Å²) in [5.74, 6) is 0.681. The Morgan fingerprint density at radius 3 is 2.81 bits per heavy atom. The molecule has 27 heavy (non-hydrogen) atoms. The molecule has 3 rings (SSSR count). The number of carbonyl (C=O) groups is 1. The van der Waals surface area contributed by atoms with Gasteiger partial charge in [-0.15, -0.1) is 0 Å². The predicted molar refractivity (Wildman–Crippen MR) is 110 cm³/mol. The maximum Gasteiger partial charge on any atom is 0.222 e. The van der Waals surface area contributed by atoms with Crippen molar-refractivity contribution < 1.29 is 4.79 Å². The van der Waals surface area contributed by atoms with E-state index >= 15 is 0 Å². The zero-order valence-electron chi connectivity index (χ0n) is 15.2. The zero-order valence-corrected chi connectivity index (χ0v) is 16.8. The lowest BCUT2D eigenvalue weighted by atomic mass is 10.1. The van der Waals surface area contributed by atoms with E-state index in [0.29, 0.717) is 22.8 Å². The van der Waals surface area contributed by atoms with Gasteiger partial charge in [0.15, 0.2) is 10.6 Å². The molecule has 7 heteroatoms. The van der Waals surface area contributed by atoms with Crippen LogP contribution in [0.5, 0.6) is 0 Å². The van der Waals surface area contributed by atoms with E-state index in [2.05, 4.69) is 15.5 Å². The predicted octanol–water partition coefficient (Wildman–Crippen LogP) is 4.84.